The quantitative estimate of drug-likeness (QED) is 0.427. The molecule has 0 saturated heterocycles. The van der Waals surface area contributed by atoms with Crippen molar-refractivity contribution in [2.24, 2.45) is 0 Å². The molecule has 3 heterocycles. The Balaban J connectivity index is 1.24. The molecule has 7 heteroatoms. The van der Waals surface area contributed by atoms with Gasteiger partial charge in [-0.3, -0.25) is 9.78 Å². The van der Waals surface area contributed by atoms with Gasteiger partial charge >= 0.3 is 0 Å². The van der Waals surface area contributed by atoms with Gasteiger partial charge in [0.05, 0.1) is 22.8 Å². The molecule has 0 saturated carbocycles. The maximum Gasteiger partial charge on any atom is 0.226 e. The number of aromatic nitrogens is 3. The zero-order valence-electron chi connectivity index (χ0n) is 16.7. The Morgan fingerprint density at radius 2 is 1.87 bits per heavy atom. The molecular formula is C23H22N4O2S. The number of oxazole rings is 1. The van der Waals surface area contributed by atoms with Gasteiger partial charge in [-0.1, -0.05) is 18.2 Å². The van der Waals surface area contributed by atoms with E-state index in [2.05, 4.69) is 25.6 Å². The molecule has 30 heavy (non-hydrogen) atoms. The van der Waals surface area contributed by atoms with Crippen molar-refractivity contribution in [3.8, 4) is 22.7 Å². The summed E-state index contributed by atoms with van der Waals surface area (Å²) in [6.07, 6.45) is 5.41. The monoisotopic (exact) mass is 418 g/mol. The van der Waals surface area contributed by atoms with Crippen LogP contribution in [-0.4, -0.2) is 27.4 Å². The lowest BCUT2D eigenvalue weighted by molar-refractivity contribution is -0.120. The lowest BCUT2D eigenvalue weighted by Crippen LogP contribution is -2.26. The zero-order valence-corrected chi connectivity index (χ0v) is 17.5. The normalized spacial score (nSPS) is 10.8. The van der Waals surface area contributed by atoms with Crippen molar-refractivity contribution in [3.05, 3.63) is 76.7 Å². The zero-order chi connectivity index (χ0) is 20.8. The summed E-state index contributed by atoms with van der Waals surface area (Å²) in [5.41, 5.74) is 3.62. The van der Waals surface area contributed by atoms with E-state index in [1.165, 1.54) is 0 Å². The number of amides is 1. The van der Waals surface area contributed by atoms with Gasteiger partial charge in [0.25, 0.3) is 0 Å². The molecule has 4 aromatic rings. The first-order chi connectivity index (χ1) is 14.7. The first-order valence-corrected chi connectivity index (χ1v) is 10.7. The molecule has 3 aromatic heterocycles. The van der Waals surface area contributed by atoms with Crippen LogP contribution in [0, 0.1) is 6.92 Å². The number of hydrogen-bond donors (Lipinski definition) is 1. The van der Waals surface area contributed by atoms with Crippen LogP contribution in [0.25, 0.3) is 22.7 Å². The molecule has 0 aliphatic heterocycles. The van der Waals surface area contributed by atoms with Crippen LogP contribution in [0.15, 0.2) is 64.7 Å². The van der Waals surface area contributed by atoms with E-state index in [9.17, 15) is 4.79 Å². The SMILES string of the molecule is Cc1oc(-c2ccccc2)nc1CC(=O)NCCCc1nc(-c2ccncc2)cs1. The molecule has 6 nitrogen and oxygen atoms in total. The molecule has 0 aliphatic carbocycles. The maximum absolute atomic E-state index is 12.3. The van der Waals surface area contributed by atoms with E-state index in [1.807, 2.05) is 49.4 Å². The van der Waals surface area contributed by atoms with E-state index in [1.54, 1.807) is 23.7 Å². The van der Waals surface area contributed by atoms with Gasteiger partial charge in [-0.05, 0) is 37.6 Å². The van der Waals surface area contributed by atoms with Crippen LogP contribution in [0.3, 0.4) is 0 Å². The van der Waals surface area contributed by atoms with Crippen molar-refractivity contribution < 1.29 is 9.21 Å². The first kappa shape index (κ1) is 20.0. The highest BCUT2D eigenvalue weighted by atomic mass is 32.1. The van der Waals surface area contributed by atoms with Gasteiger partial charge in [-0.2, -0.15) is 0 Å². The molecule has 0 bridgehead atoms. The van der Waals surface area contributed by atoms with Crippen LogP contribution in [0.4, 0.5) is 0 Å². The van der Waals surface area contributed by atoms with E-state index in [4.69, 9.17) is 4.42 Å². The lowest BCUT2D eigenvalue weighted by atomic mass is 10.2. The molecule has 1 amide bonds. The third kappa shape index (κ3) is 4.99. The van der Waals surface area contributed by atoms with Crippen molar-refractivity contribution in [2.75, 3.05) is 6.54 Å². The molecule has 0 spiro atoms. The number of rotatable bonds is 8. The molecular weight excluding hydrogens is 396 g/mol. The maximum atomic E-state index is 12.3. The fourth-order valence-corrected chi connectivity index (χ4v) is 3.91. The number of carbonyl (C=O) groups is 1. The Kier molecular flexibility index (Phi) is 6.29. The average molecular weight is 419 g/mol. The van der Waals surface area contributed by atoms with Gasteiger partial charge < -0.3 is 9.73 Å². The third-order valence-corrected chi connectivity index (χ3v) is 5.57. The van der Waals surface area contributed by atoms with Crippen molar-refractivity contribution >= 4 is 17.2 Å². The molecule has 0 atom stereocenters. The predicted octanol–water partition coefficient (Wildman–Crippen LogP) is 4.46. The van der Waals surface area contributed by atoms with Crippen LogP contribution in [-0.2, 0) is 17.6 Å². The van der Waals surface area contributed by atoms with E-state index < -0.39 is 0 Å². The number of pyridine rings is 1. The third-order valence-electron chi connectivity index (χ3n) is 4.66. The predicted molar refractivity (Wildman–Crippen MR) is 117 cm³/mol. The highest BCUT2D eigenvalue weighted by Crippen LogP contribution is 2.22. The van der Waals surface area contributed by atoms with Crippen molar-refractivity contribution in [2.45, 2.75) is 26.2 Å². The molecule has 0 unspecified atom stereocenters. The van der Waals surface area contributed by atoms with Crippen LogP contribution in [0.2, 0.25) is 0 Å². The minimum atomic E-state index is -0.0531. The van der Waals surface area contributed by atoms with E-state index in [0.717, 1.165) is 34.7 Å². The Bertz CT molecular complexity index is 1110. The number of hydrogen-bond acceptors (Lipinski definition) is 6. The fourth-order valence-electron chi connectivity index (χ4n) is 3.06. The average Bonchev–Trinajstić information content (AvgIpc) is 3.40. The van der Waals surface area contributed by atoms with Gasteiger partial charge in [0.1, 0.15) is 5.76 Å². The van der Waals surface area contributed by atoms with E-state index in [-0.39, 0.29) is 12.3 Å². The summed E-state index contributed by atoms with van der Waals surface area (Å²) < 4.78 is 5.72. The number of thiazole rings is 1. The van der Waals surface area contributed by atoms with Gasteiger partial charge in [-0.25, -0.2) is 9.97 Å². The standard InChI is InChI=1S/C23H22N4O2S/c1-16-19(27-23(29-16)18-6-3-2-4-7-18)14-21(28)25-11-5-8-22-26-20(15-30-22)17-9-12-24-13-10-17/h2-4,6-7,9-10,12-13,15H,5,8,11,14H2,1H3,(H,25,28). The van der Waals surface area contributed by atoms with Gasteiger partial charge in [0.15, 0.2) is 0 Å². The number of benzene rings is 1. The van der Waals surface area contributed by atoms with Crippen LogP contribution >= 0.6 is 11.3 Å². The smallest absolute Gasteiger partial charge is 0.226 e. The summed E-state index contributed by atoms with van der Waals surface area (Å²) in [6.45, 7) is 2.44. The molecule has 0 aliphatic rings. The Hall–Kier alpha value is -3.32. The summed E-state index contributed by atoms with van der Waals surface area (Å²) in [5, 5.41) is 6.09. The number of nitrogens with one attached hydrogen (secondary N) is 1. The van der Waals surface area contributed by atoms with Crippen molar-refractivity contribution in [1.82, 2.24) is 20.3 Å². The number of carbonyl (C=O) groups excluding carboxylic acids is 1. The summed E-state index contributed by atoms with van der Waals surface area (Å²) in [5.74, 6) is 1.17. The first-order valence-electron chi connectivity index (χ1n) is 9.82. The highest BCUT2D eigenvalue weighted by molar-refractivity contribution is 7.09. The van der Waals surface area contributed by atoms with Crippen LogP contribution in [0.5, 0.6) is 0 Å². The molecule has 152 valence electrons. The minimum Gasteiger partial charge on any atom is -0.441 e. The molecule has 1 N–H and O–H groups in total. The van der Waals surface area contributed by atoms with Crippen LogP contribution in [0.1, 0.15) is 22.9 Å². The molecule has 1 aromatic carbocycles. The Morgan fingerprint density at radius 1 is 1.07 bits per heavy atom. The van der Waals surface area contributed by atoms with Crippen molar-refractivity contribution in [1.29, 1.82) is 0 Å². The number of nitrogens with zero attached hydrogens (tertiary/aromatic N) is 3. The second kappa shape index (κ2) is 9.45. The summed E-state index contributed by atoms with van der Waals surface area (Å²) in [4.78, 5) is 25.5. The topological polar surface area (TPSA) is 80.9 Å². The molecule has 4 rings (SSSR count). The van der Waals surface area contributed by atoms with Gasteiger partial charge in [-0.15, -0.1) is 11.3 Å². The van der Waals surface area contributed by atoms with Gasteiger partial charge in [0, 0.05) is 41.9 Å². The number of aryl methyl sites for hydroxylation is 2. The summed E-state index contributed by atoms with van der Waals surface area (Å²) >= 11 is 1.64. The largest absolute Gasteiger partial charge is 0.441 e. The molecule has 0 fully saturated rings. The highest BCUT2D eigenvalue weighted by Gasteiger charge is 2.14. The Morgan fingerprint density at radius 3 is 2.67 bits per heavy atom. The lowest BCUT2D eigenvalue weighted by Gasteiger charge is -2.03. The van der Waals surface area contributed by atoms with Gasteiger partial charge in [0.2, 0.25) is 11.8 Å². The fraction of sp³-hybridized carbons (Fsp3) is 0.217. The second-order valence-corrected chi connectivity index (χ2v) is 7.82. The Labute approximate surface area is 179 Å². The van der Waals surface area contributed by atoms with Crippen molar-refractivity contribution in [3.63, 3.8) is 0 Å². The summed E-state index contributed by atoms with van der Waals surface area (Å²) in [7, 11) is 0. The van der Waals surface area contributed by atoms with E-state index in [0.29, 0.717) is 23.9 Å². The second-order valence-electron chi connectivity index (χ2n) is 6.88. The van der Waals surface area contributed by atoms with E-state index >= 15 is 0 Å². The molecule has 0 radical (unpaired) electrons. The van der Waals surface area contributed by atoms with Crippen LogP contribution < -0.4 is 5.32 Å². The minimum absolute atomic E-state index is 0.0531. The summed E-state index contributed by atoms with van der Waals surface area (Å²) in [6, 6.07) is 13.6.